The van der Waals surface area contributed by atoms with Crippen LogP contribution in [-0.2, 0) is 15.6 Å². The lowest BCUT2D eigenvalue weighted by molar-refractivity contribution is 0.0667. The summed E-state index contributed by atoms with van der Waals surface area (Å²) in [5.41, 5.74) is -0.485. The maximum atomic E-state index is 12.1. The van der Waals surface area contributed by atoms with Crippen LogP contribution in [0.1, 0.15) is 17.4 Å². The Balaban J connectivity index is 1.71. The first-order valence-electron chi connectivity index (χ1n) is 7.80. The van der Waals surface area contributed by atoms with Crippen LogP contribution >= 0.6 is 11.3 Å². The quantitative estimate of drug-likeness (QED) is 0.692. The first-order valence-corrected chi connectivity index (χ1v) is 10.2. The van der Waals surface area contributed by atoms with Gasteiger partial charge in [0.2, 0.25) is 10.0 Å². The molecule has 4 nitrogen and oxygen atoms in total. The van der Waals surface area contributed by atoms with Gasteiger partial charge in [0.25, 0.3) is 0 Å². The van der Waals surface area contributed by atoms with Gasteiger partial charge in [-0.05, 0) is 36.1 Å². The lowest BCUT2D eigenvalue weighted by atomic mass is 10.1. The van der Waals surface area contributed by atoms with Crippen LogP contribution in [0, 0.1) is 0 Å². The van der Waals surface area contributed by atoms with E-state index in [1.807, 2.05) is 60.7 Å². The van der Waals surface area contributed by atoms with E-state index in [9.17, 15) is 13.5 Å². The lowest BCUT2D eigenvalue weighted by Gasteiger charge is -2.21. The largest absolute Gasteiger partial charge is 0.383 e. The smallest absolute Gasteiger partial charge is 0.233 e. The van der Waals surface area contributed by atoms with E-state index in [2.05, 4.69) is 4.72 Å². The number of fused-ring (bicyclic) bond motifs is 1. The highest BCUT2D eigenvalue weighted by Crippen LogP contribution is 2.32. The molecule has 2 aromatic carbocycles. The molecule has 2 N–H and O–H groups in total. The maximum absolute atomic E-state index is 12.1. The molecule has 1 atom stereocenters. The number of benzene rings is 2. The van der Waals surface area contributed by atoms with E-state index < -0.39 is 15.6 Å². The highest BCUT2D eigenvalue weighted by molar-refractivity contribution is 7.92. The van der Waals surface area contributed by atoms with Crippen molar-refractivity contribution in [3.63, 3.8) is 0 Å². The summed E-state index contributed by atoms with van der Waals surface area (Å²) < 4.78 is 27.8. The highest BCUT2D eigenvalue weighted by atomic mass is 32.2. The molecule has 0 aliphatic carbocycles. The van der Waals surface area contributed by atoms with Crippen molar-refractivity contribution in [2.45, 2.75) is 12.5 Å². The zero-order chi connectivity index (χ0) is 17.9. The number of sulfonamides is 1. The molecule has 1 aromatic heterocycles. The third-order valence-electron chi connectivity index (χ3n) is 3.81. The van der Waals surface area contributed by atoms with Crippen molar-refractivity contribution in [2.24, 2.45) is 0 Å². The molecule has 3 aromatic rings. The van der Waals surface area contributed by atoms with Gasteiger partial charge in [0.1, 0.15) is 5.60 Å². The monoisotopic (exact) mass is 373 g/mol. The molecule has 0 radical (unpaired) electrons. The fraction of sp³-hybridized carbons (Fsp3) is 0.158. The minimum Gasteiger partial charge on any atom is -0.383 e. The van der Waals surface area contributed by atoms with Crippen molar-refractivity contribution in [1.82, 2.24) is 4.72 Å². The van der Waals surface area contributed by atoms with Gasteiger partial charge in [-0.1, -0.05) is 48.5 Å². The van der Waals surface area contributed by atoms with Crippen LogP contribution in [0.4, 0.5) is 0 Å². The molecular formula is C19H19NO3S2. The van der Waals surface area contributed by atoms with Crippen LogP contribution in [0.25, 0.3) is 16.2 Å². The molecule has 3 rings (SSSR count). The molecule has 0 amide bonds. The van der Waals surface area contributed by atoms with Crippen LogP contribution in [0.5, 0.6) is 0 Å². The minimum absolute atomic E-state index is 0.0959. The molecule has 0 aliphatic rings. The van der Waals surface area contributed by atoms with Crippen LogP contribution in [0.15, 0.2) is 66.1 Å². The topological polar surface area (TPSA) is 66.4 Å². The number of hydrogen-bond acceptors (Lipinski definition) is 4. The zero-order valence-corrected chi connectivity index (χ0v) is 15.3. The summed E-state index contributed by atoms with van der Waals surface area (Å²) in [6.45, 7) is 1.52. The van der Waals surface area contributed by atoms with Gasteiger partial charge in [-0.3, -0.25) is 0 Å². The molecule has 0 saturated carbocycles. The van der Waals surface area contributed by atoms with Gasteiger partial charge in [-0.15, -0.1) is 11.3 Å². The maximum Gasteiger partial charge on any atom is 0.233 e. The Morgan fingerprint density at radius 3 is 2.52 bits per heavy atom. The lowest BCUT2D eigenvalue weighted by Crippen LogP contribution is -2.37. The Kier molecular flexibility index (Phi) is 5.06. The van der Waals surface area contributed by atoms with Crippen molar-refractivity contribution in [3.05, 3.63) is 76.5 Å². The molecule has 1 unspecified atom stereocenters. The molecular weight excluding hydrogens is 354 g/mol. The molecule has 25 heavy (non-hydrogen) atoms. The van der Waals surface area contributed by atoms with Crippen LogP contribution < -0.4 is 4.72 Å². The van der Waals surface area contributed by atoms with Gasteiger partial charge in [-0.25, -0.2) is 13.1 Å². The van der Waals surface area contributed by atoms with E-state index in [-0.39, 0.29) is 6.54 Å². The molecule has 0 fully saturated rings. The normalized spacial score (nSPS) is 14.8. The summed E-state index contributed by atoms with van der Waals surface area (Å²) in [4.78, 5) is 0.725. The summed E-state index contributed by atoms with van der Waals surface area (Å²) in [7, 11) is -3.64. The van der Waals surface area contributed by atoms with Crippen LogP contribution in [-0.4, -0.2) is 20.1 Å². The van der Waals surface area contributed by atoms with E-state index >= 15 is 0 Å². The van der Waals surface area contributed by atoms with Gasteiger partial charge in [0.15, 0.2) is 0 Å². The summed E-state index contributed by atoms with van der Waals surface area (Å²) in [6, 6.07) is 18.9. The second kappa shape index (κ2) is 7.09. The van der Waals surface area contributed by atoms with Crippen molar-refractivity contribution < 1.29 is 13.5 Å². The summed E-state index contributed by atoms with van der Waals surface area (Å²) >= 11 is 1.46. The molecule has 0 spiro atoms. The van der Waals surface area contributed by atoms with Crippen molar-refractivity contribution in [2.75, 3.05) is 6.54 Å². The van der Waals surface area contributed by atoms with E-state index in [0.717, 1.165) is 25.9 Å². The van der Waals surface area contributed by atoms with Gasteiger partial charge in [0.05, 0.1) is 0 Å². The fourth-order valence-corrected chi connectivity index (χ4v) is 4.38. The first kappa shape index (κ1) is 17.8. The average Bonchev–Trinajstić information content (AvgIpc) is 3.05. The zero-order valence-electron chi connectivity index (χ0n) is 13.7. The third kappa shape index (κ3) is 4.55. The predicted octanol–water partition coefficient (Wildman–Crippen LogP) is 3.70. The Labute approximate surface area is 151 Å². The van der Waals surface area contributed by atoms with Gasteiger partial charge in [-0.2, -0.15) is 0 Å². The number of thiophene rings is 1. The third-order valence-corrected chi connectivity index (χ3v) is 6.22. The minimum atomic E-state index is -3.64. The molecule has 0 bridgehead atoms. The van der Waals surface area contributed by atoms with Gasteiger partial charge in [0, 0.05) is 21.5 Å². The van der Waals surface area contributed by atoms with E-state index in [0.29, 0.717) is 0 Å². The summed E-state index contributed by atoms with van der Waals surface area (Å²) in [5, 5.41) is 12.8. The van der Waals surface area contributed by atoms with Crippen molar-refractivity contribution >= 4 is 37.5 Å². The average molecular weight is 373 g/mol. The van der Waals surface area contributed by atoms with E-state index in [1.165, 1.54) is 17.4 Å². The second-order valence-electron chi connectivity index (χ2n) is 6.00. The van der Waals surface area contributed by atoms with Crippen molar-refractivity contribution in [3.8, 4) is 0 Å². The standard InChI is InChI=1S/C19H19NO3S2/c1-19(21,18-13-16-9-5-6-10-17(16)24-18)14-20-25(22,23)12-11-15-7-3-2-4-8-15/h2-13,20-21H,14H2,1H3/b12-11+. The highest BCUT2D eigenvalue weighted by Gasteiger charge is 2.27. The number of aliphatic hydroxyl groups is 1. The van der Waals surface area contributed by atoms with E-state index in [4.69, 9.17) is 0 Å². The second-order valence-corrected chi connectivity index (χ2v) is 8.74. The Bertz CT molecular complexity index is 957. The summed E-state index contributed by atoms with van der Waals surface area (Å²) in [6.07, 6.45) is 1.52. The predicted molar refractivity (Wildman–Crippen MR) is 104 cm³/mol. The fourth-order valence-electron chi connectivity index (χ4n) is 2.36. The number of rotatable bonds is 6. The Morgan fingerprint density at radius 2 is 1.80 bits per heavy atom. The van der Waals surface area contributed by atoms with E-state index in [1.54, 1.807) is 6.92 Å². The van der Waals surface area contributed by atoms with Gasteiger partial charge < -0.3 is 5.11 Å². The molecule has 6 heteroatoms. The number of nitrogens with one attached hydrogen (secondary N) is 1. The van der Waals surface area contributed by atoms with Crippen LogP contribution in [0.3, 0.4) is 0 Å². The molecule has 130 valence electrons. The molecule has 0 saturated heterocycles. The van der Waals surface area contributed by atoms with Gasteiger partial charge >= 0.3 is 0 Å². The van der Waals surface area contributed by atoms with Crippen molar-refractivity contribution in [1.29, 1.82) is 0 Å². The molecule has 1 heterocycles. The Morgan fingerprint density at radius 1 is 1.12 bits per heavy atom. The molecule has 0 aliphatic heterocycles. The number of hydrogen-bond donors (Lipinski definition) is 2. The Hall–Kier alpha value is -1.99. The van der Waals surface area contributed by atoms with Crippen LogP contribution in [0.2, 0.25) is 0 Å². The SMILES string of the molecule is CC(O)(CNS(=O)(=O)/C=C/c1ccccc1)c1cc2ccccc2s1. The summed E-state index contributed by atoms with van der Waals surface area (Å²) in [5.74, 6) is 0. The first-order chi connectivity index (χ1) is 11.9.